The van der Waals surface area contributed by atoms with Gasteiger partial charge in [0.05, 0.1) is 6.10 Å². The van der Waals surface area contributed by atoms with E-state index in [1.165, 1.54) is 22.5 Å². The number of aliphatic hydroxyl groups is 1. The number of carbonyl (C=O) groups is 1. The van der Waals surface area contributed by atoms with Crippen LogP contribution in [0, 0.1) is 0 Å². The Morgan fingerprint density at radius 2 is 2.17 bits per heavy atom. The summed E-state index contributed by atoms with van der Waals surface area (Å²) in [5.74, 6) is 1.09. The highest BCUT2D eigenvalue weighted by Gasteiger charge is 2.20. The Morgan fingerprint density at radius 1 is 1.30 bits per heavy atom. The molecule has 1 aliphatic heterocycles. The van der Waals surface area contributed by atoms with Crippen molar-refractivity contribution in [3.8, 4) is 0 Å². The molecule has 2 atom stereocenters. The first-order valence-electron chi connectivity index (χ1n) is 7.65. The maximum atomic E-state index is 11.9. The molecule has 0 radical (unpaired) electrons. The van der Waals surface area contributed by atoms with Gasteiger partial charge in [-0.15, -0.1) is 0 Å². The second-order valence-corrected chi connectivity index (χ2v) is 7.56. The van der Waals surface area contributed by atoms with Crippen LogP contribution in [-0.2, 0) is 6.42 Å². The lowest BCUT2D eigenvalue weighted by Crippen LogP contribution is -2.39. The third kappa shape index (κ3) is 4.28. The first kappa shape index (κ1) is 16.4. The fourth-order valence-electron chi connectivity index (χ4n) is 2.67. The van der Waals surface area contributed by atoms with E-state index in [0.717, 1.165) is 17.7 Å². The summed E-state index contributed by atoms with van der Waals surface area (Å²) in [5, 5.41) is 19.7. The minimum absolute atomic E-state index is 0.219. The molecule has 6 heteroatoms. The number of rotatable bonds is 5. The smallest absolute Gasteiger partial charge is 0.314 e. The van der Waals surface area contributed by atoms with Crippen molar-refractivity contribution < 1.29 is 9.90 Å². The number of fused-ring (bicyclic) bond motifs is 1. The zero-order valence-electron chi connectivity index (χ0n) is 12.7. The first-order chi connectivity index (χ1) is 11.2. The number of aliphatic hydroxyl groups excluding tert-OH is 1. The molecular formula is C17H20N2O2S2. The second-order valence-electron chi connectivity index (χ2n) is 5.47. The largest absolute Gasteiger partial charge is 0.387 e. The van der Waals surface area contributed by atoms with Crippen LogP contribution in [0.5, 0.6) is 0 Å². The molecule has 122 valence electrons. The summed E-state index contributed by atoms with van der Waals surface area (Å²) in [6.45, 7) is 0.818. The van der Waals surface area contributed by atoms with Crippen molar-refractivity contribution in [1.82, 2.24) is 10.6 Å². The van der Waals surface area contributed by atoms with Gasteiger partial charge in [0.15, 0.2) is 0 Å². The van der Waals surface area contributed by atoms with Gasteiger partial charge in [-0.3, -0.25) is 0 Å². The molecule has 23 heavy (non-hydrogen) atoms. The number of benzene rings is 1. The van der Waals surface area contributed by atoms with Gasteiger partial charge in [-0.25, -0.2) is 4.79 Å². The molecule has 0 spiro atoms. The van der Waals surface area contributed by atoms with Gasteiger partial charge in [0.1, 0.15) is 0 Å². The highest BCUT2D eigenvalue weighted by molar-refractivity contribution is 7.99. The molecule has 3 rings (SSSR count). The fraction of sp³-hybridized carbons (Fsp3) is 0.353. The molecule has 2 aromatic rings. The predicted molar refractivity (Wildman–Crippen MR) is 96.0 cm³/mol. The van der Waals surface area contributed by atoms with Crippen molar-refractivity contribution in [2.24, 2.45) is 0 Å². The number of hydrogen-bond donors (Lipinski definition) is 3. The number of carbonyl (C=O) groups excluding carboxylic acids is 1. The first-order valence-corrected chi connectivity index (χ1v) is 9.64. The van der Waals surface area contributed by atoms with E-state index in [-0.39, 0.29) is 12.6 Å². The molecule has 0 fully saturated rings. The van der Waals surface area contributed by atoms with E-state index in [2.05, 4.69) is 34.9 Å². The quantitative estimate of drug-likeness (QED) is 0.778. The molecule has 1 aromatic heterocycles. The fourth-order valence-corrected chi connectivity index (χ4v) is 4.61. The normalized spacial score (nSPS) is 18.0. The third-order valence-electron chi connectivity index (χ3n) is 3.92. The molecule has 3 N–H and O–H groups in total. The predicted octanol–water partition coefficient (Wildman–Crippen LogP) is 3.11. The molecular weight excluding hydrogens is 328 g/mol. The summed E-state index contributed by atoms with van der Waals surface area (Å²) in [6.07, 6.45) is 0.438. The minimum atomic E-state index is -0.656. The van der Waals surface area contributed by atoms with Crippen LogP contribution in [0.4, 0.5) is 4.79 Å². The summed E-state index contributed by atoms with van der Waals surface area (Å²) in [4.78, 5) is 11.9. The standard InChI is InChI=1S/C17H20N2O2S2/c20-15(13-5-7-22-11-13)9-18-17(21)19-10-16-14-4-2-1-3-12(14)6-8-23-16/h1-5,7,11,15-16,20H,6,8-10H2,(H2,18,19,21)/t15-,16-/m1/s1. The van der Waals surface area contributed by atoms with Gasteiger partial charge in [0.25, 0.3) is 0 Å². The average Bonchev–Trinajstić information content (AvgIpc) is 3.12. The summed E-state index contributed by atoms with van der Waals surface area (Å²) in [7, 11) is 0. The van der Waals surface area contributed by atoms with E-state index in [4.69, 9.17) is 0 Å². The lowest BCUT2D eigenvalue weighted by molar-refractivity contribution is 0.173. The molecule has 0 aliphatic carbocycles. The van der Waals surface area contributed by atoms with E-state index in [9.17, 15) is 9.90 Å². The molecule has 0 bridgehead atoms. The number of amides is 2. The Balaban J connectivity index is 1.46. The van der Waals surface area contributed by atoms with Gasteiger partial charge in [-0.1, -0.05) is 24.3 Å². The Bertz CT molecular complexity index is 646. The molecule has 0 unspecified atom stereocenters. The number of aryl methyl sites for hydroxylation is 1. The molecule has 1 aromatic carbocycles. The number of thiophene rings is 1. The van der Waals surface area contributed by atoms with E-state index >= 15 is 0 Å². The zero-order valence-corrected chi connectivity index (χ0v) is 14.3. The van der Waals surface area contributed by atoms with Gasteiger partial charge in [0.2, 0.25) is 0 Å². The molecule has 0 saturated heterocycles. The molecule has 1 aliphatic rings. The highest BCUT2D eigenvalue weighted by atomic mass is 32.2. The van der Waals surface area contributed by atoms with Crippen LogP contribution < -0.4 is 10.6 Å². The average molecular weight is 348 g/mol. The highest BCUT2D eigenvalue weighted by Crippen LogP contribution is 2.35. The maximum Gasteiger partial charge on any atom is 0.314 e. The lowest BCUT2D eigenvalue weighted by Gasteiger charge is -2.25. The van der Waals surface area contributed by atoms with Crippen LogP contribution in [0.15, 0.2) is 41.1 Å². The third-order valence-corrected chi connectivity index (χ3v) is 5.89. The molecule has 2 amide bonds. The Morgan fingerprint density at radius 3 is 3.00 bits per heavy atom. The van der Waals surface area contributed by atoms with Crippen molar-refractivity contribution in [3.05, 3.63) is 57.8 Å². The van der Waals surface area contributed by atoms with Crippen LogP contribution in [0.25, 0.3) is 0 Å². The van der Waals surface area contributed by atoms with Crippen LogP contribution >= 0.6 is 23.1 Å². The lowest BCUT2D eigenvalue weighted by atomic mass is 10.0. The van der Waals surface area contributed by atoms with Crippen LogP contribution in [0.3, 0.4) is 0 Å². The Hall–Kier alpha value is -1.50. The zero-order chi connectivity index (χ0) is 16.1. The SMILES string of the molecule is O=C(NC[C@@H](O)c1ccsc1)NC[C@H]1SCCc2ccccc21. The van der Waals surface area contributed by atoms with Crippen molar-refractivity contribution >= 4 is 29.1 Å². The minimum Gasteiger partial charge on any atom is -0.387 e. The van der Waals surface area contributed by atoms with Crippen LogP contribution in [0.2, 0.25) is 0 Å². The van der Waals surface area contributed by atoms with Gasteiger partial charge in [0, 0.05) is 18.3 Å². The van der Waals surface area contributed by atoms with Crippen molar-refractivity contribution in [1.29, 1.82) is 0 Å². The molecule has 2 heterocycles. The summed E-state index contributed by atoms with van der Waals surface area (Å²) < 4.78 is 0. The second kappa shape index (κ2) is 7.86. The van der Waals surface area contributed by atoms with Gasteiger partial charge in [-0.2, -0.15) is 23.1 Å². The number of hydrogen-bond acceptors (Lipinski definition) is 4. The summed E-state index contributed by atoms with van der Waals surface area (Å²) >= 11 is 3.41. The molecule has 0 saturated carbocycles. The van der Waals surface area contributed by atoms with Gasteiger partial charge in [-0.05, 0) is 45.7 Å². The topological polar surface area (TPSA) is 61.4 Å². The van der Waals surface area contributed by atoms with E-state index < -0.39 is 6.10 Å². The van der Waals surface area contributed by atoms with E-state index in [1.807, 2.05) is 28.6 Å². The van der Waals surface area contributed by atoms with Gasteiger partial charge >= 0.3 is 6.03 Å². The van der Waals surface area contributed by atoms with Crippen molar-refractivity contribution in [2.45, 2.75) is 17.8 Å². The number of thioether (sulfide) groups is 1. The van der Waals surface area contributed by atoms with E-state index in [0.29, 0.717) is 11.8 Å². The Labute approximate surface area is 144 Å². The van der Waals surface area contributed by atoms with Crippen molar-refractivity contribution in [2.75, 3.05) is 18.8 Å². The number of urea groups is 1. The van der Waals surface area contributed by atoms with Crippen LogP contribution in [-0.4, -0.2) is 30.0 Å². The number of nitrogens with one attached hydrogen (secondary N) is 2. The molecule has 4 nitrogen and oxygen atoms in total. The summed E-state index contributed by atoms with van der Waals surface area (Å²) in [6, 6.07) is 10.1. The summed E-state index contributed by atoms with van der Waals surface area (Å²) in [5.41, 5.74) is 3.54. The van der Waals surface area contributed by atoms with Crippen molar-refractivity contribution in [3.63, 3.8) is 0 Å². The monoisotopic (exact) mass is 348 g/mol. The van der Waals surface area contributed by atoms with E-state index in [1.54, 1.807) is 0 Å². The van der Waals surface area contributed by atoms with Gasteiger partial charge < -0.3 is 15.7 Å². The van der Waals surface area contributed by atoms with Crippen LogP contribution in [0.1, 0.15) is 28.0 Å². The maximum absolute atomic E-state index is 11.9. The Kier molecular flexibility index (Phi) is 5.59.